The number of rotatable bonds is 4. The van der Waals surface area contributed by atoms with Crippen LogP contribution in [0.15, 0.2) is 0 Å². The summed E-state index contributed by atoms with van der Waals surface area (Å²) in [6.45, 7) is 7.91. The van der Waals surface area contributed by atoms with Gasteiger partial charge in [0.2, 0.25) is 5.91 Å². The number of nitrogens with zero attached hydrogens (tertiary/aromatic N) is 2. The summed E-state index contributed by atoms with van der Waals surface area (Å²) < 4.78 is 0. The lowest BCUT2D eigenvalue weighted by atomic mass is 9.92. The Bertz CT molecular complexity index is 806. The quantitative estimate of drug-likeness (QED) is 0.866. The highest BCUT2D eigenvalue weighted by Gasteiger charge is 2.38. The number of nitrogens with one attached hydrogen (secondary N) is 1. The van der Waals surface area contributed by atoms with E-state index in [4.69, 9.17) is 0 Å². The van der Waals surface area contributed by atoms with Gasteiger partial charge in [-0.1, -0.05) is 13.8 Å². The average Bonchev–Trinajstić information content (AvgIpc) is 3.41. The number of hydrogen-bond acceptors (Lipinski definition) is 3. The molecule has 0 spiro atoms. The molecular formula is C22H31N3O3. The van der Waals surface area contributed by atoms with E-state index in [0.29, 0.717) is 43.0 Å². The van der Waals surface area contributed by atoms with Crippen LogP contribution in [0.1, 0.15) is 78.1 Å². The van der Waals surface area contributed by atoms with E-state index in [1.54, 1.807) is 0 Å². The number of amides is 2. The van der Waals surface area contributed by atoms with E-state index in [1.807, 2.05) is 16.7 Å². The van der Waals surface area contributed by atoms with Crippen molar-refractivity contribution in [1.82, 2.24) is 14.8 Å². The summed E-state index contributed by atoms with van der Waals surface area (Å²) in [5, 5.41) is 0. The maximum absolute atomic E-state index is 13.5. The van der Waals surface area contributed by atoms with E-state index in [-0.39, 0.29) is 29.6 Å². The van der Waals surface area contributed by atoms with Crippen molar-refractivity contribution in [2.45, 2.75) is 65.3 Å². The van der Waals surface area contributed by atoms with Gasteiger partial charge in [0, 0.05) is 43.9 Å². The van der Waals surface area contributed by atoms with Gasteiger partial charge < -0.3 is 14.8 Å². The van der Waals surface area contributed by atoms with Crippen molar-refractivity contribution in [2.75, 3.05) is 19.6 Å². The number of carbonyl (C=O) groups is 3. The largest absolute Gasteiger partial charge is 0.361 e. The van der Waals surface area contributed by atoms with Crippen molar-refractivity contribution in [3.63, 3.8) is 0 Å². The molecule has 3 aliphatic rings. The summed E-state index contributed by atoms with van der Waals surface area (Å²) in [7, 11) is 0. The number of H-pyrrole nitrogens is 1. The van der Waals surface area contributed by atoms with Gasteiger partial charge in [-0.3, -0.25) is 14.4 Å². The van der Waals surface area contributed by atoms with E-state index in [0.717, 1.165) is 30.8 Å². The molecule has 1 aromatic heterocycles. The topological polar surface area (TPSA) is 73.5 Å². The summed E-state index contributed by atoms with van der Waals surface area (Å²) in [6.07, 6.45) is 4.93. The Kier molecular flexibility index (Phi) is 5.06. The molecule has 0 aromatic carbocycles. The van der Waals surface area contributed by atoms with Crippen LogP contribution in [0.3, 0.4) is 0 Å². The van der Waals surface area contributed by atoms with Crippen molar-refractivity contribution < 1.29 is 14.4 Å². The smallest absolute Gasteiger partial charge is 0.256 e. The van der Waals surface area contributed by atoms with E-state index >= 15 is 0 Å². The molecule has 0 unspecified atom stereocenters. The Morgan fingerprint density at radius 3 is 2.61 bits per heavy atom. The highest BCUT2D eigenvalue weighted by Crippen LogP contribution is 2.33. The Balaban J connectivity index is 1.62. The van der Waals surface area contributed by atoms with Crippen LogP contribution in [0.5, 0.6) is 0 Å². The van der Waals surface area contributed by atoms with Gasteiger partial charge in [-0.25, -0.2) is 0 Å². The van der Waals surface area contributed by atoms with Gasteiger partial charge in [-0.2, -0.15) is 0 Å². The lowest BCUT2D eigenvalue weighted by molar-refractivity contribution is -0.133. The number of fused-ring (bicyclic) bond motifs is 1. The summed E-state index contributed by atoms with van der Waals surface area (Å²) in [5.41, 5.74) is 2.81. The van der Waals surface area contributed by atoms with Crippen LogP contribution in [-0.2, 0) is 11.2 Å². The second kappa shape index (κ2) is 7.37. The standard InChI is InChI=1S/C22H31N3O3/c1-13(2)17-12-24(10-9-19(27)25(17)11-15-7-8-15)22(28)20-14(3)23-16-5-4-6-18(26)21(16)20/h13,15,17,23H,4-12H2,1-3H3/t17-/m1/s1. The molecule has 2 fully saturated rings. The molecule has 6 nitrogen and oxygen atoms in total. The molecule has 0 bridgehead atoms. The lowest BCUT2D eigenvalue weighted by Gasteiger charge is -2.35. The summed E-state index contributed by atoms with van der Waals surface area (Å²) in [6, 6.07) is 0.0327. The fourth-order valence-corrected chi connectivity index (χ4v) is 4.71. The third-order valence-electron chi connectivity index (χ3n) is 6.52. The summed E-state index contributed by atoms with van der Waals surface area (Å²) in [4.78, 5) is 46.0. The Morgan fingerprint density at radius 2 is 1.93 bits per heavy atom. The van der Waals surface area contributed by atoms with Crippen molar-refractivity contribution in [3.8, 4) is 0 Å². The second-order valence-corrected chi connectivity index (χ2v) is 9.06. The van der Waals surface area contributed by atoms with Gasteiger partial charge in [0.1, 0.15) is 0 Å². The van der Waals surface area contributed by atoms with Gasteiger partial charge in [0.05, 0.1) is 17.2 Å². The number of hydrogen-bond donors (Lipinski definition) is 1. The fourth-order valence-electron chi connectivity index (χ4n) is 4.71. The molecule has 1 aliphatic heterocycles. The minimum atomic E-state index is -0.100. The van der Waals surface area contributed by atoms with E-state index < -0.39 is 0 Å². The number of aryl methyl sites for hydroxylation is 2. The first kappa shape index (κ1) is 19.2. The average molecular weight is 386 g/mol. The van der Waals surface area contributed by atoms with Gasteiger partial charge in [-0.15, -0.1) is 0 Å². The van der Waals surface area contributed by atoms with Gasteiger partial charge >= 0.3 is 0 Å². The monoisotopic (exact) mass is 385 g/mol. The first-order chi connectivity index (χ1) is 13.4. The number of aromatic nitrogens is 1. The summed E-state index contributed by atoms with van der Waals surface area (Å²) in [5.74, 6) is 1.03. The molecule has 28 heavy (non-hydrogen) atoms. The van der Waals surface area contributed by atoms with E-state index in [9.17, 15) is 14.4 Å². The predicted octanol–water partition coefficient (Wildman–Crippen LogP) is 2.95. The lowest BCUT2D eigenvalue weighted by Crippen LogP contribution is -2.48. The van der Waals surface area contributed by atoms with Crippen LogP contribution in [-0.4, -0.2) is 58.1 Å². The second-order valence-electron chi connectivity index (χ2n) is 9.06. The number of Topliss-reactive ketones (excluding diaryl/α,β-unsaturated/α-hetero) is 1. The molecule has 1 aromatic rings. The molecule has 2 amide bonds. The zero-order valence-electron chi connectivity index (χ0n) is 17.2. The van der Waals surface area contributed by atoms with Crippen molar-refractivity contribution in [1.29, 1.82) is 0 Å². The Labute approximate surface area is 166 Å². The third kappa shape index (κ3) is 3.49. The molecule has 152 valence electrons. The molecule has 2 aliphatic carbocycles. The first-order valence-corrected chi connectivity index (χ1v) is 10.7. The summed E-state index contributed by atoms with van der Waals surface area (Å²) >= 11 is 0. The number of carbonyl (C=O) groups excluding carboxylic acids is 3. The molecule has 1 N–H and O–H groups in total. The Morgan fingerprint density at radius 1 is 1.18 bits per heavy atom. The van der Waals surface area contributed by atoms with Crippen LogP contribution >= 0.6 is 0 Å². The number of ketones is 1. The van der Waals surface area contributed by atoms with Crippen molar-refractivity contribution in [2.24, 2.45) is 11.8 Å². The highest BCUT2D eigenvalue weighted by atomic mass is 16.2. The van der Waals surface area contributed by atoms with Crippen LogP contribution in [0.25, 0.3) is 0 Å². The van der Waals surface area contributed by atoms with Crippen LogP contribution in [0.4, 0.5) is 0 Å². The number of aromatic amines is 1. The Hall–Kier alpha value is -2.11. The molecule has 2 heterocycles. The van der Waals surface area contributed by atoms with Crippen LogP contribution in [0.2, 0.25) is 0 Å². The molecule has 1 saturated heterocycles. The van der Waals surface area contributed by atoms with Gasteiger partial charge in [0.25, 0.3) is 5.91 Å². The maximum Gasteiger partial charge on any atom is 0.256 e. The minimum absolute atomic E-state index is 0.0327. The van der Waals surface area contributed by atoms with E-state index in [2.05, 4.69) is 18.8 Å². The third-order valence-corrected chi connectivity index (χ3v) is 6.52. The minimum Gasteiger partial charge on any atom is -0.361 e. The molecule has 1 atom stereocenters. The molecule has 1 saturated carbocycles. The van der Waals surface area contributed by atoms with Crippen molar-refractivity contribution >= 4 is 17.6 Å². The van der Waals surface area contributed by atoms with Crippen LogP contribution < -0.4 is 0 Å². The fraction of sp³-hybridized carbons (Fsp3) is 0.682. The predicted molar refractivity (Wildman–Crippen MR) is 106 cm³/mol. The zero-order chi connectivity index (χ0) is 20.0. The van der Waals surface area contributed by atoms with Crippen LogP contribution in [0, 0.1) is 18.8 Å². The SMILES string of the molecule is Cc1[nH]c2c(c1C(=O)N1CCC(=O)N(CC3CC3)[C@@H](C(C)C)C1)C(=O)CCC2. The normalized spacial score (nSPS) is 23.2. The maximum atomic E-state index is 13.5. The molecular weight excluding hydrogens is 354 g/mol. The van der Waals surface area contributed by atoms with E-state index in [1.165, 1.54) is 12.8 Å². The highest BCUT2D eigenvalue weighted by molar-refractivity contribution is 6.10. The first-order valence-electron chi connectivity index (χ1n) is 10.7. The zero-order valence-corrected chi connectivity index (χ0v) is 17.2. The van der Waals surface area contributed by atoms with Gasteiger partial charge in [0.15, 0.2) is 5.78 Å². The van der Waals surface area contributed by atoms with Gasteiger partial charge in [-0.05, 0) is 44.4 Å². The van der Waals surface area contributed by atoms with Crippen molar-refractivity contribution in [3.05, 3.63) is 22.5 Å². The molecule has 6 heteroatoms. The molecule has 4 rings (SSSR count). The molecule has 0 radical (unpaired) electrons.